The minimum absolute atomic E-state index is 0.0988. The summed E-state index contributed by atoms with van der Waals surface area (Å²) in [5.74, 6) is 0.254. The lowest BCUT2D eigenvalue weighted by Gasteiger charge is -2.30. The summed E-state index contributed by atoms with van der Waals surface area (Å²) < 4.78 is 27.1. The number of amides is 1. The topological polar surface area (TPSA) is 87.3 Å². The van der Waals surface area contributed by atoms with Crippen LogP contribution in [0.3, 0.4) is 0 Å². The van der Waals surface area contributed by atoms with Crippen LogP contribution >= 0.6 is 0 Å². The molecule has 1 aliphatic rings. The highest BCUT2D eigenvalue weighted by molar-refractivity contribution is 7.89. The third-order valence-electron chi connectivity index (χ3n) is 4.54. The van der Waals surface area contributed by atoms with Gasteiger partial charge in [-0.15, -0.1) is 0 Å². The minimum atomic E-state index is -3.54. The number of hydrogen-bond donors (Lipinski definition) is 3. The standard InChI is InChI=1S/C17H27N3O3S/c1-4-13(3)20-24(22,23)15-7-5-14(6-8-15)17(21)19-16-11-18-10-9-12(16)2/h5-8,12-13,16,18,20H,4,9-11H2,1-3H3,(H,19,21). The molecule has 1 aliphatic heterocycles. The van der Waals surface area contributed by atoms with Gasteiger partial charge in [0.1, 0.15) is 0 Å². The molecule has 2 rings (SSSR count). The van der Waals surface area contributed by atoms with Crippen LogP contribution in [-0.2, 0) is 10.0 Å². The van der Waals surface area contributed by atoms with Gasteiger partial charge in [-0.1, -0.05) is 13.8 Å². The Morgan fingerprint density at radius 2 is 2.00 bits per heavy atom. The summed E-state index contributed by atoms with van der Waals surface area (Å²) in [6, 6.07) is 6.03. The fourth-order valence-electron chi connectivity index (χ4n) is 2.64. The fourth-order valence-corrected chi connectivity index (χ4v) is 3.96. The maximum Gasteiger partial charge on any atom is 0.251 e. The van der Waals surface area contributed by atoms with E-state index in [1.165, 1.54) is 12.1 Å². The summed E-state index contributed by atoms with van der Waals surface area (Å²) in [7, 11) is -3.54. The first-order valence-corrected chi connectivity index (χ1v) is 9.95. The smallest absolute Gasteiger partial charge is 0.251 e. The number of piperidine rings is 1. The molecule has 3 atom stereocenters. The molecular formula is C17H27N3O3S. The van der Waals surface area contributed by atoms with Crippen LogP contribution in [0.2, 0.25) is 0 Å². The molecule has 0 saturated carbocycles. The van der Waals surface area contributed by atoms with Crippen LogP contribution in [0, 0.1) is 5.92 Å². The van der Waals surface area contributed by atoms with E-state index in [0.717, 1.165) is 19.5 Å². The maximum atomic E-state index is 12.3. The normalized spacial score (nSPS) is 22.8. The predicted octanol–water partition coefficient (Wildman–Crippen LogP) is 1.49. The van der Waals surface area contributed by atoms with Gasteiger partial charge in [-0.3, -0.25) is 4.79 Å². The number of rotatable bonds is 6. The van der Waals surface area contributed by atoms with Crippen LogP contribution in [0.25, 0.3) is 0 Å². The SMILES string of the molecule is CCC(C)NS(=O)(=O)c1ccc(C(=O)NC2CNCCC2C)cc1. The van der Waals surface area contributed by atoms with Gasteiger partial charge in [0.2, 0.25) is 10.0 Å². The van der Waals surface area contributed by atoms with E-state index >= 15 is 0 Å². The average molecular weight is 353 g/mol. The lowest BCUT2D eigenvalue weighted by Crippen LogP contribution is -2.50. The largest absolute Gasteiger partial charge is 0.348 e. The van der Waals surface area contributed by atoms with E-state index in [-0.39, 0.29) is 22.9 Å². The van der Waals surface area contributed by atoms with Crippen LogP contribution in [0.4, 0.5) is 0 Å². The van der Waals surface area contributed by atoms with Gasteiger partial charge in [-0.2, -0.15) is 0 Å². The zero-order valence-corrected chi connectivity index (χ0v) is 15.3. The van der Waals surface area contributed by atoms with E-state index in [4.69, 9.17) is 0 Å². The Bertz CT molecular complexity index is 658. The molecule has 1 aromatic rings. The third kappa shape index (κ3) is 4.78. The first-order valence-electron chi connectivity index (χ1n) is 8.47. The molecule has 6 nitrogen and oxygen atoms in total. The van der Waals surface area contributed by atoms with Crippen LogP contribution < -0.4 is 15.4 Å². The Balaban J connectivity index is 2.04. The second-order valence-electron chi connectivity index (χ2n) is 6.50. The van der Waals surface area contributed by atoms with Gasteiger partial charge in [0.25, 0.3) is 5.91 Å². The van der Waals surface area contributed by atoms with Crippen molar-refractivity contribution in [1.29, 1.82) is 0 Å². The van der Waals surface area contributed by atoms with Gasteiger partial charge in [0, 0.05) is 24.2 Å². The van der Waals surface area contributed by atoms with E-state index in [9.17, 15) is 13.2 Å². The third-order valence-corrected chi connectivity index (χ3v) is 6.15. The van der Waals surface area contributed by atoms with E-state index in [1.807, 2.05) is 13.8 Å². The highest BCUT2D eigenvalue weighted by atomic mass is 32.2. The second kappa shape index (κ2) is 8.09. The highest BCUT2D eigenvalue weighted by Gasteiger charge is 2.23. The number of hydrogen-bond acceptors (Lipinski definition) is 4. The number of benzene rings is 1. The molecule has 0 aliphatic carbocycles. The van der Waals surface area contributed by atoms with Gasteiger partial charge in [0.15, 0.2) is 0 Å². The van der Waals surface area contributed by atoms with E-state index < -0.39 is 10.0 Å². The monoisotopic (exact) mass is 353 g/mol. The average Bonchev–Trinajstić information content (AvgIpc) is 2.56. The molecule has 0 spiro atoms. The molecular weight excluding hydrogens is 326 g/mol. The van der Waals surface area contributed by atoms with Crippen molar-refractivity contribution in [3.8, 4) is 0 Å². The summed E-state index contributed by atoms with van der Waals surface area (Å²) in [6.45, 7) is 7.60. The zero-order chi connectivity index (χ0) is 17.7. The van der Waals surface area contributed by atoms with Crippen molar-refractivity contribution in [1.82, 2.24) is 15.4 Å². The summed E-state index contributed by atoms with van der Waals surface area (Å²) in [5.41, 5.74) is 0.468. The van der Waals surface area contributed by atoms with Gasteiger partial charge in [-0.05, 0) is 56.5 Å². The molecule has 1 heterocycles. The van der Waals surface area contributed by atoms with Crippen molar-refractivity contribution in [2.45, 2.75) is 50.6 Å². The molecule has 0 aromatic heterocycles. The van der Waals surface area contributed by atoms with Crippen molar-refractivity contribution in [2.75, 3.05) is 13.1 Å². The number of carbonyl (C=O) groups is 1. The van der Waals surface area contributed by atoms with Crippen molar-refractivity contribution in [2.24, 2.45) is 5.92 Å². The molecule has 1 aromatic carbocycles. The number of nitrogens with one attached hydrogen (secondary N) is 3. The van der Waals surface area contributed by atoms with Crippen LogP contribution in [0.5, 0.6) is 0 Å². The van der Waals surface area contributed by atoms with E-state index in [1.54, 1.807) is 12.1 Å². The summed E-state index contributed by atoms with van der Waals surface area (Å²) in [6.07, 6.45) is 1.75. The quantitative estimate of drug-likeness (QED) is 0.723. The molecule has 1 amide bonds. The minimum Gasteiger partial charge on any atom is -0.348 e. The first kappa shape index (κ1) is 18.9. The molecule has 134 valence electrons. The van der Waals surface area contributed by atoms with E-state index in [2.05, 4.69) is 22.3 Å². The molecule has 7 heteroatoms. The van der Waals surface area contributed by atoms with Crippen molar-refractivity contribution in [3.63, 3.8) is 0 Å². The Morgan fingerprint density at radius 3 is 2.58 bits per heavy atom. The Hall–Kier alpha value is -1.44. The van der Waals surface area contributed by atoms with Crippen molar-refractivity contribution in [3.05, 3.63) is 29.8 Å². The first-order chi connectivity index (χ1) is 11.3. The molecule has 0 radical (unpaired) electrons. The Morgan fingerprint density at radius 1 is 1.33 bits per heavy atom. The van der Waals surface area contributed by atoms with Crippen molar-refractivity contribution >= 4 is 15.9 Å². The predicted molar refractivity (Wildman–Crippen MR) is 94.4 cm³/mol. The lowest BCUT2D eigenvalue weighted by molar-refractivity contribution is 0.0915. The molecule has 1 fully saturated rings. The van der Waals surface area contributed by atoms with Crippen molar-refractivity contribution < 1.29 is 13.2 Å². The second-order valence-corrected chi connectivity index (χ2v) is 8.22. The van der Waals surface area contributed by atoms with Gasteiger partial charge < -0.3 is 10.6 Å². The molecule has 3 N–H and O–H groups in total. The molecule has 3 unspecified atom stereocenters. The number of carbonyl (C=O) groups excluding carboxylic acids is 1. The molecule has 24 heavy (non-hydrogen) atoms. The van der Waals surface area contributed by atoms with E-state index in [0.29, 0.717) is 17.9 Å². The maximum absolute atomic E-state index is 12.3. The van der Waals surface area contributed by atoms with Crippen LogP contribution in [0.1, 0.15) is 44.0 Å². The lowest BCUT2D eigenvalue weighted by atomic mass is 9.94. The summed E-state index contributed by atoms with van der Waals surface area (Å²) in [5, 5.41) is 6.29. The molecule has 0 bridgehead atoms. The van der Waals surface area contributed by atoms with Crippen LogP contribution in [-0.4, -0.2) is 39.5 Å². The van der Waals surface area contributed by atoms with Gasteiger partial charge in [-0.25, -0.2) is 13.1 Å². The summed E-state index contributed by atoms with van der Waals surface area (Å²) >= 11 is 0. The summed E-state index contributed by atoms with van der Waals surface area (Å²) in [4.78, 5) is 12.5. The number of sulfonamides is 1. The highest BCUT2D eigenvalue weighted by Crippen LogP contribution is 2.14. The zero-order valence-electron chi connectivity index (χ0n) is 14.5. The van der Waals surface area contributed by atoms with Crippen LogP contribution in [0.15, 0.2) is 29.2 Å². The Labute approximate surface area is 144 Å². The van der Waals surface area contributed by atoms with Gasteiger partial charge >= 0.3 is 0 Å². The fraction of sp³-hybridized carbons (Fsp3) is 0.588. The molecule has 1 saturated heterocycles. The van der Waals surface area contributed by atoms with Gasteiger partial charge in [0.05, 0.1) is 4.90 Å². The Kier molecular flexibility index (Phi) is 6.37.